The maximum atomic E-state index is 12.1. The van der Waals surface area contributed by atoms with Crippen LogP contribution >= 0.6 is 0 Å². The maximum absolute atomic E-state index is 12.1. The van der Waals surface area contributed by atoms with Crippen LogP contribution in [0, 0.1) is 0 Å². The number of alkyl halides is 3. The lowest BCUT2D eigenvalue weighted by Gasteiger charge is -2.05. The van der Waals surface area contributed by atoms with Gasteiger partial charge >= 0.3 is 6.18 Å². The van der Waals surface area contributed by atoms with Gasteiger partial charge in [-0.05, 0) is 17.7 Å². The summed E-state index contributed by atoms with van der Waals surface area (Å²) in [6.07, 6.45) is -2.49. The summed E-state index contributed by atoms with van der Waals surface area (Å²) in [5, 5.41) is 0. The first-order valence-corrected chi connectivity index (χ1v) is 3.84. The molecular weight excluding hydrogens is 176 g/mol. The summed E-state index contributed by atoms with van der Waals surface area (Å²) >= 11 is 0. The number of halogens is 3. The molecule has 0 aliphatic heterocycles. The molecule has 1 aromatic rings. The van der Waals surface area contributed by atoms with Crippen molar-refractivity contribution in [2.75, 3.05) is 0 Å². The molecule has 4 heteroatoms. The van der Waals surface area contributed by atoms with Gasteiger partial charge in [0, 0.05) is 0 Å². The molecular formula is C9H8BF3. The summed E-state index contributed by atoms with van der Waals surface area (Å²) in [5.41, 5.74) is 0.163. The smallest absolute Gasteiger partial charge is 0.166 e. The van der Waals surface area contributed by atoms with E-state index in [1.807, 2.05) is 7.85 Å². The first-order valence-electron chi connectivity index (χ1n) is 3.84. The van der Waals surface area contributed by atoms with E-state index in [9.17, 15) is 13.2 Å². The molecule has 0 aliphatic rings. The lowest BCUT2D eigenvalue weighted by atomic mass is 10.1. The van der Waals surface area contributed by atoms with Crippen LogP contribution in [0.4, 0.5) is 13.2 Å². The minimum absolute atomic E-state index is 0.610. The molecule has 0 amide bonds. The fourth-order valence-corrected chi connectivity index (χ4v) is 0.976. The van der Waals surface area contributed by atoms with Gasteiger partial charge in [-0.2, -0.15) is 13.2 Å². The van der Waals surface area contributed by atoms with E-state index in [1.54, 1.807) is 12.1 Å². The molecule has 0 saturated heterocycles. The molecule has 0 aromatic heterocycles. The number of hydrogen-bond acceptors (Lipinski definition) is 0. The Balaban J connectivity index is 2.94. The van der Waals surface area contributed by atoms with E-state index in [0.717, 1.165) is 17.7 Å². The Morgan fingerprint density at radius 2 is 1.62 bits per heavy atom. The highest BCUT2D eigenvalue weighted by atomic mass is 19.4. The molecule has 1 rings (SSSR count). The van der Waals surface area contributed by atoms with Crippen molar-refractivity contribution < 1.29 is 13.2 Å². The second-order valence-corrected chi connectivity index (χ2v) is 2.62. The van der Waals surface area contributed by atoms with Gasteiger partial charge in [0.15, 0.2) is 0 Å². The van der Waals surface area contributed by atoms with Gasteiger partial charge in [0.2, 0.25) is 0 Å². The van der Waals surface area contributed by atoms with Crippen LogP contribution in [0.2, 0.25) is 0 Å². The average molecular weight is 184 g/mol. The van der Waals surface area contributed by atoms with Gasteiger partial charge < -0.3 is 0 Å². The second kappa shape index (κ2) is 3.68. The van der Waals surface area contributed by atoms with Crippen molar-refractivity contribution in [2.45, 2.75) is 6.18 Å². The third kappa shape index (κ3) is 2.65. The molecule has 0 bridgehead atoms. The monoisotopic (exact) mass is 184 g/mol. The Kier molecular flexibility index (Phi) is 2.81. The quantitative estimate of drug-likeness (QED) is 0.587. The second-order valence-electron chi connectivity index (χ2n) is 2.62. The van der Waals surface area contributed by atoms with Gasteiger partial charge in [-0.15, -0.1) is 5.98 Å². The van der Waals surface area contributed by atoms with Crippen LogP contribution in [-0.4, -0.2) is 7.85 Å². The molecule has 0 saturated carbocycles. The lowest BCUT2D eigenvalue weighted by Crippen LogP contribution is -2.03. The van der Waals surface area contributed by atoms with Crippen molar-refractivity contribution in [3.8, 4) is 0 Å². The van der Waals surface area contributed by atoms with E-state index in [-0.39, 0.29) is 0 Å². The Bertz CT molecular complexity index is 298. The SMILES string of the molecule is B/C=C/c1ccc(C(F)(F)F)cc1. The first kappa shape index (κ1) is 9.90. The third-order valence-corrected chi connectivity index (χ3v) is 1.60. The number of rotatable bonds is 1. The normalized spacial score (nSPS) is 12.2. The van der Waals surface area contributed by atoms with Gasteiger partial charge in [-0.25, -0.2) is 0 Å². The van der Waals surface area contributed by atoms with Crippen molar-refractivity contribution in [1.29, 1.82) is 0 Å². The Hall–Kier alpha value is -1.19. The molecule has 0 radical (unpaired) electrons. The maximum Gasteiger partial charge on any atom is 0.416 e. The molecule has 0 heterocycles. The van der Waals surface area contributed by atoms with Gasteiger partial charge in [-0.1, -0.05) is 18.2 Å². The Labute approximate surface area is 75.5 Å². The largest absolute Gasteiger partial charge is 0.416 e. The number of hydrogen-bond donors (Lipinski definition) is 0. The summed E-state index contributed by atoms with van der Waals surface area (Å²) in [5.74, 6) is 1.78. The van der Waals surface area contributed by atoms with Crippen molar-refractivity contribution in [3.05, 3.63) is 41.4 Å². The summed E-state index contributed by atoms with van der Waals surface area (Å²) in [6.45, 7) is 0. The van der Waals surface area contributed by atoms with Gasteiger partial charge in [-0.3, -0.25) is 0 Å². The molecule has 0 nitrogen and oxygen atoms in total. The Morgan fingerprint density at radius 1 is 1.08 bits per heavy atom. The summed E-state index contributed by atoms with van der Waals surface area (Å²) < 4.78 is 36.3. The molecule has 1 aromatic carbocycles. The predicted octanol–water partition coefficient (Wildman–Crippen LogP) is 2.31. The van der Waals surface area contributed by atoms with Gasteiger partial charge in [0.25, 0.3) is 0 Å². The van der Waals surface area contributed by atoms with Crippen LogP contribution in [0.15, 0.2) is 30.2 Å². The van der Waals surface area contributed by atoms with Gasteiger partial charge in [0.05, 0.1) is 5.56 Å². The standard InChI is InChI=1S/C9H8BF3/c10-6-5-7-1-3-8(4-2-7)9(11,12)13/h1-6H,10H2/b6-5+. The highest BCUT2D eigenvalue weighted by molar-refractivity contribution is 6.19. The Morgan fingerprint density at radius 3 is 2.00 bits per heavy atom. The molecule has 0 atom stereocenters. The van der Waals surface area contributed by atoms with Crippen LogP contribution in [-0.2, 0) is 6.18 Å². The highest BCUT2D eigenvalue weighted by Gasteiger charge is 2.29. The zero-order chi connectivity index (χ0) is 9.90. The summed E-state index contributed by atoms with van der Waals surface area (Å²) in [6, 6.07) is 5.05. The average Bonchev–Trinajstić information content (AvgIpc) is 2.04. The van der Waals surface area contributed by atoms with Crippen molar-refractivity contribution >= 4 is 13.9 Å². The third-order valence-electron chi connectivity index (χ3n) is 1.60. The minimum Gasteiger partial charge on any atom is -0.166 e. The predicted molar refractivity (Wildman–Crippen MR) is 49.0 cm³/mol. The molecule has 13 heavy (non-hydrogen) atoms. The number of benzene rings is 1. The lowest BCUT2D eigenvalue weighted by molar-refractivity contribution is -0.137. The zero-order valence-electron chi connectivity index (χ0n) is 7.10. The topological polar surface area (TPSA) is 0 Å². The minimum atomic E-state index is -4.24. The highest BCUT2D eigenvalue weighted by Crippen LogP contribution is 2.29. The van der Waals surface area contributed by atoms with Crippen LogP contribution in [0.3, 0.4) is 0 Å². The summed E-state index contributed by atoms with van der Waals surface area (Å²) in [4.78, 5) is 0. The van der Waals surface area contributed by atoms with Crippen LogP contribution in [0.5, 0.6) is 0 Å². The van der Waals surface area contributed by atoms with Crippen LogP contribution in [0.1, 0.15) is 11.1 Å². The van der Waals surface area contributed by atoms with E-state index >= 15 is 0 Å². The molecule has 0 aliphatic carbocycles. The van der Waals surface area contributed by atoms with Gasteiger partial charge in [0.1, 0.15) is 7.85 Å². The molecule has 0 fully saturated rings. The fourth-order valence-electron chi connectivity index (χ4n) is 0.976. The van der Waals surface area contributed by atoms with Crippen molar-refractivity contribution in [2.24, 2.45) is 0 Å². The van der Waals surface area contributed by atoms with E-state index in [4.69, 9.17) is 0 Å². The molecule has 0 N–H and O–H groups in total. The first-order chi connectivity index (χ1) is 6.04. The van der Waals surface area contributed by atoms with Crippen LogP contribution < -0.4 is 0 Å². The van der Waals surface area contributed by atoms with E-state index in [2.05, 4.69) is 0 Å². The molecule has 0 unspecified atom stereocenters. The van der Waals surface area contributed by atoms with Crippen LogP contribution in [0.25, 0.3) is 6.08 Å². The van der Waals surface area contributed by atoms with E-state index in [0.29, 0.717) is 0 Å². The fraction of sp³-hybridized carbons (Fsp3) is 0.111. The van der Waals surface area contributed by atoms with Crippen molar-refractivity contribution in [3.63, 3.8) is 0 Å². The molecule has 0 spiro atoms. The molecule has 68 valence electrons. The summed E-state index contributed by atoms with van der Waals surface area (Å²) in [7, 11) is 1.82. The van der Waals surface area contributed by atoms with E-state index < -0.39 is 11.7 Å². The zero-order valence-corrected chi connectivity index (χ0v) is 7.10. The van der Waals surface area contributed by atoms with Crippen molar-refractivity contribution in [1.82, 2.24) is 0 Å². The van der Waals surface area contributed by atoms with E-state index in [1.165, 1.54) is 12.1 Å².